The third-order valence-corrected chi connectivity index (χ3v) is 5.79. The molecule has 7 heteroatoms. The first kappa shape index (κ1) is 20.3. The first-order chi connectivity index (χ1) is 14.6. The lowest BCUT2D eigenvalue weighted by Crippen LogP contribution is -2.30. The van der Waals surface area contributed by atoms with Gasteiger partial charge >= 0.3 is 0 Å². The Hall–Kier alpha value is -2.93. The van der Waals surface area contributed by atoms with E-state index in [0.29, 0.717) is 23.8 Å². The number of hydrogen-bond donors (Lipinski definition) is 2. The number of nitrogens with zero attached hydrogens (tertiary/aromatic N) is 2. The molecule has 2 fully saturated rings. The van der Waals surface area contributed by atoms with Crippen molar-refractivity contribution in [3.63, 3.8) is 0 Å². The smallest absolute Gasteiger partial charge is 0.293 e. The molecule has 7 nitrogen and oxygen atoms in total. The first-order valence-electron chi connectivity index (χ1n) is 10.7. The normalized spacial score (nSPS) is 16.8. The van der Waals surface area contributed by atoms with E-state index in [2.05, 4.69) is 21.6 Å². The number of nitro benzene ring substituents is 1. The number of carbonyl (C=O) groups is 1. The summed E-state index contributed by atoms with van der Waals surface area (Å²) in [6.07, 6.45) is 5.83. The minimum absolute atomic E-state index is 0.0555. The molecule has 1 aliphatic heterocycles. The van der Waals surface area contributed by atoms with Crippen molar-refractivity contribution in [1.29, 1.82) is 0 Å². The summed E-state index contributed by atoms with van der Waals surface area (Å²) >= 11 is 0. The first-order valence-corrected chi connectivity index (χ1v) is 10.7. The van der Waals surface area contributed by atoms with Gasteiger partial charge in [-0.3, -0.25) is 19.8 Å². The van der Waals surface area contributed by atoms with E-state index in [9.17, 15) is 14.9 Å². The molecule has 0 radical (unpaired) electrons. The maximum absolute atomic E-state index is 12.7. The Kier molecular flexibility index (Phi) is 6.28. The standard InChI is InChI=1S/C23H28N4O3/c28-23(17-8-11-21(25-20-9-10-20)22(14-17)27(29)30)24-15-18-6-2-3-7-19(18)16-26-12-4-1-5-13-26/h2-3,6-8,11,14,20,25H,1,4-5,9-10,12-13,15-16H2,(H,24,28). The maximum Gasteiger partial charge on any atom is 0.293 e. The van der Waals surface area contributed by atoms with Crippen LogP contribution in [0.4, 0.5) is 11.4 Å². The third kappa shape index (κ3) is 5.16. The van der Waals surface area contributed by atoms with Gasteiger partial charge in [0.05, 0.1) is 4.92 Å². The van der Waals surface area contributed by atoms with Crippen molar-refractivity contribution in [3.8, 4) is 0 Å². The van der Waals surface area contributed by atoms with E-state index in [-0.39, 0.29) is 11.6 Å². The number of hydrogen-bond acceptors (Lipinski definition) is 5. The number of amides is 1. The van der Waals surface area contributed by atoms with Gasteiger partial charge < -0.3 is 10.6 Å². The Morgan fingerprint density at radius 1 is 1.07 bits per heavy atom. The molecule has 30 heavy (non-hydrogen) atoms. The molecule has 2 aliphatic rings. The second-order valence-electron chi connectivity index (χ2n) is 8.20. The summed E-state index contributed by atoms with van der Waals surface area (Å²) in [5.74, 6) is -0.302. The molecule has 0 bridgehead atoms. The highest BCUT2D eigenvalue weighted by atomic mass is 16.6. The highest BCUT2D eigenvalue weighted by molar-refractivity contribution is 5.95. The molecule has 1 amide bonds. The van der Waals surface area contributed by atoms with Crippen LogP contribution in [0.3, 0.4) is 0 Å². The van der Waals surface area contributed by atoms with Gasteiger partial charge in [-0.05, 0) is 62.0 Å². The van der Waals surface area contributed by atoms with Crippen LogP contribution in [0.5, 0.6) is 0 Å². The number of rotatable bonds is 8. The Balaban J connectivity index is 1.42. The molecule has 0 spiro atoms. The van der Waals surface area contributed by atoms with Gasteiger partial charge in [-0.25, -0.2) is 0 Å². The molecule has 2 aromatic rings. The van der Waals surface area contributed by atoms with Crippen molar-refractivity contribution < 1.29 is 9.72 Å². The van der Waals surface area contributed by atoms with Gasteiger partial charge in [0.15, 0.2) is 0 Å². The fourth-order valence-corrected chi connectivity index (χ4v) is 3.91. The van der Waals surface area contributed by atoms with E-state index in [1.54, 1.807) is 12.1 Å². The van der Waals surface area contributed by atoms with Crippen molar-refractivity contribution in [2.24, 2.45) is 0 Å². The van der Waals surface area contributed by atoms with Crippen LogP contribution in [0.1, 0.15) is 53.6 Å². The van der Waals surface area contributed by atoms with E-state index in [1.165, 1.54) is 30.9 Å². The Morgan fingerprint density at radius 3 is 2.50 bits per heavy atom. The van der Waals surface area contributed by atoms with Crippen LogP contribution in [-0.4, -0.2) is 34.9 Å². The highest BCUT2D eigenvalue weighted by Crippen LogP contribution is 2.31. The molecular weight excluding hydrogens is 380 g/mol. The summed E-state index contributed by atoms with van der Waals surface area (Å²) in [6.45, 7) is 3.52. The van der Waals surface area contributed by atoms with E-state index in [1.807, 2.05) is 18.2 Å². The summed E-state index contributed by atoms with van der Waals surface area (Å²) in [4.78, 5) is 26.1. The zero-order chi connectivity index (χ0) is 20.9. The van der Waals surface area contributed by atoms with Gasteiger partial charge in [-0.15, -0.1) is 0 Å². The van der Waals surface area contributed by atoms with Gasteiger partial charge in [0.2, 0.25) is 0 Å². The number of likely N-dealkylation sites (tertiary alicyclic amines) is 1. The van der Waals surface area contributed by atoms with Crippen molar-refractivity contribution in [2.45, 2.75) is 51.2 Å². The lowest BCUT2D eigenvalue weighted by Gasteiger charge is -2.27. The number of nitro groups is 1. The topological polar surface area (TPSA) is 87.5 Å². The average Bonchev–Trinajstić information content (AvgIpc) is 3.58. The van der Waals surface area contributed by atoms with Crippen LogP contribution in [0.25, 0.3) is 0 Å². The zero-order valence-electron chi connectivity index (χ0n) is 17.1. The van der Waals surface area contributed by atoms with Crippen LogP contribution < -0.4 is 10.6 Å². The van der Waals surface area contributed by atoms with E-state index >= 15 is 0 Å². The molecule has 1 saturated carbocycles. The summed E-state index contributed by atoms with van der Waals surface area (Å²) in [7, 11) is 0. The summed E-state index contributed by atoms with van der Waals surface area (Å²) < 4.78 is 0. The van der Waals surface area contributed by atoms with Crippen molar-refractivity contribution in [3.05, 3.63) is 69.3 Å². The number of carbonyl (C=O) groups excluding carboxylic acids is 1. The monoisotopic (exact) mass is 408 g/mol. The number of anilines is 1. The van der Waals surface area contributed by atoms with Crippen LogP contribution in [0.2, 0.25) is 0 Å². The van der Waals surface area contributed by atoms with Gasteiger partial charge in [0.25, 0.3) is 11.6 Å². The molecule has 0 unspecified atom stereocenters. The summed E-state index contributed by atoms with van der Waals surface area (Å²) in [5.41, 5.74) is 3.02. The van der Waals surface area contributed by atoms with E-state index in [0.717, 1.165) is 38.0 Å². The van der Waals surface area contributed by atoms with Crippen LogP contribution in [0, 0.1) is 10.1 Å². The quantitative estimate of drug-likeness (QED) is 0.507. The second kappa shape index (κ2) is 9.26. The van der Waals surface area contributed by atoms with Crippen LogP contribution >= 0.6 is 0 Å². The Labute approximate surface area is 176 Å². The summed E-state index contributed by atoms with van der Waals surface area (Å²) in [6, 6.07) is 13.1. The van der Waals surface area contributed by atoms with Gasteiger partial charge in [-0.1, -0.05) is 30.7 Å². The van der Waals surface area contributed by atoms with E-state index < -0.39 is 4.92 Å². The average molecular weight is 409 g/mol. The molecule has 1 aliphatic carbocycles. The van der Waals surface area contributed by atoms with Gasteiger partial charge in [0, 0.05) is 30.8 Å². The molecule has 2 N–H and O–H groups in total. The summed E-state index contributed by atoms with van der Waals surface area (Å²) in [5, 5.41) is 17.5. The van der Waals surface area contributed by atoms with Crippen molar-refractivity contribution >= 4 is 17.3 Å². The molecule has 1 saturated heterocycles. The SMILES string of the molecule is O=C(NCc1ccccc1CN1CCCCC1)c1ccc(NC2CC2)c([N+](=O)[O-])c1. The molecule has 158 valence electrons. The predicted octanol–water partition coefficient (Wildman–Crippen LogP) is 4.09. The van der Waals surface area contributed by atoms with Gasteiger partial charge in [0.1, 0.15) is 5.69 Å². The largest absolute Gasteiger partial charge is 0.377 e. The fourth-order valence-electron chi connectivity index (χ4n) is 3.91. The Morgan fingerprint density at radius 2 is 1.80 bits per heavy atom. The fraction of sp³-hybridized carbons (Fsp3) is 0.435. The maximum atomic E-state index is 12.7. The predicted molar refractivity (Wildman–Crippen MR) is 116 cm³/mol. The molecule has 2 aromatic carbocycles. The minimum atomic E-state index is -0.435. The van der Waals surface area contributed by atoms with Gasteiger partial charge in [-0.2, -0.15) is 0 Å². The van der Waals surface area contributed by atoms with E-state index in [4.69, 9.17) is 0 Å². The highest BCUT2D eigenvalue weighted by Gasteiger charge is 2.25. The molecule has 4 rings (SSSR count). The van der Waals surface area contributed by atoms with Crippen LogP contribution in [0.15, 0.2) is 42.5 Å². The molecular formula is C23H28N4O3. The second-order valence-corrected chi connectivity index (χ2v) is 8.20. The molecule has 1 heterocycles. The number of nitrogens with one attached hydrogen (secondary N) is 2. The third-order valence-electron chi connectivity index (χ3n) is 5.79. The lowest BCUT2D eigenvalue weighted by molar-refractivity contribution is -0.384. The zero-order valence-corrected chi connectivity index (χ0v) is 17.1. The van der Waals surface area contributed by atoms with Crippen molar-refractivity contribution in [1.82, 2.24) is 10.2 Å². The number of benzene rings is 2. The van der Waals surface area contributed by atoms with Crippen LogP contribution in [-0.2, 0) is 13.1 Å². The molecule has 0 atom stereocenters. The number of piperidine rings is 1. The lowest BCUT2D eigenvalue weighted by atomic mass is 10.0. The molecule has 0 aromatic heterocycles. The van der Waals surface area contributed by atoms with Crippen molar-refractivity contribution in [2.75, 3.05) is 18.4 Å². The minimum Gasteiger partial charge on any atom is -0.377 e. The Bertz CT molecular complexity index is 920.